The summed E-state index contributed by atoms with van der Waals surface area (Å²) in [5.74, 6) is -0.848. The highest BCUT2D eigenvalue weighted by atomic mass is 35.5. The molecule has 12 heteroatoms. The van der Waals surface area contributed by atoms with E-state index in [1.54, 1.807) is 30.3 Å². The van der Waals surface area contributed by atoms with Crippen LogP contribution in [0.4, 0.5) is 18.9 Å². The van der Waals surface area contributed by atoms with E-state index in [4.69, 9.17) is 22.1 Å². The van der Waals surface area contributed by atoms with E-state index in [1.165, 1.54) is 19.2 Å². The van der Waals surface area contributed by atoms with E-state index in [0.29, 0.717) is 16.8 Å². The van der Waals surface area contributed by atoms with Crippen molar-refractivity contribution in [1.82, 2.24) is 19.3 Å². The number of anilines is 1. The molecule has 34 heavy (non-hydrogen) atoms. The Morgan fingerprint density at radius 3 is 2.41 bits per heavy atom. The van der Waals surface area contributed by atoms with Crippen LogP contribution in [0.1, 0.15) is 11.4 Å². The van der Waals surface area contributed by atoms with Crippen LogP contribution in [-0.4, -0.2) is 19.3 Å². The third kappa shape index (κ3) is 4.69. The van der Waals surface area contributed by atoms with Crippen molar-refractivity contribution in [3.8, 4) is 22.6 Å². The zero-order valence-electron chi connectivity index (χ0n) is 17.6. The second kappa shape index (κ2) is 8.75. The fourth-order valence-corrected chi connectivity index (χ4v) is 3.48. The van der Waals surface area contributed by atoms with Gasteiger partial charge in [-0.15, -0.1) is 0 Å². The molecule has 0 spiro atoms. The Morgan fingerprint density at radius 2 is 1.79 bits per heavy atom. The minimum Gasteiger partial charge on any atom is -0.451 e. The van der Waals surface area contributed by atoms with E-state index in [0.717, 1.165) is 21.4 Å². The normalized spacial score (nSPS) is 11.6. The molecule has 0 aliphatic rings. The van der Waals surface area contributed by atoms with Crippen LogP contribution < -0.4 is 21.7 Å². The molecule has 0 fully saturated rings. The zero-order chi connectivity index (χ0) is 24.6. The maximum Gasteiger partial charge on any atom is 0.420 e. The van der Waals surface area contributed by atoms with Crippen LogP contribution in [0.2, 0.25) is 5.02 Å². The fraction of sp³-hybridized carbons (Fsp3) is 0.136. The van der Waals surface area contributed by atoms with E-state index in [-0.39, 0.29) is 23.1 Å². The van der Waals surface area contributed by atoms with Crippen molar-refractivity contribution in [2.75, 3.05) is 5.73 Å². The number of benzene rings is 2. The minimum absolute atomic E-state index is 0.0631. The molecule has 176 valence electrons. The molecule has 0 aliphatic heterocycles. The summed E-state index contributed by atoms with van der Waals surface area (Å²) in [6.07, 6.45) is -3.89. The van der Waals surface area contributed by atoms with Crippen molar-refractivity contribution in [3.63, 3.8) is 0 Å². The second-order valence-corrected chi connectivity index (χ2v) is 7.83. The Bertz CT molecular complexity index is 1470. The Hall–Kier alpha value is -3.99. The van der Waals surface area contributed by atoms with Crippen molar-refractivity contribution in [2.45, 2.75) is 12.7 Å². The van der Waals surface area contributed by atoms with Gasteiger partial charge in [0.15, 0.2) is 5.82 Å². The number of pyridine rings is 1. The van der Waals surface area contributed by atoms with E-state index in [1.807, 2.05) is 0 Å². The predicted octanol–water partition coefficient (Wildman–Crippen LogP) is 4.03. The molecule has 0 saturated heterocycles. The monoisotopic (exact) mass is 491 g/mol. The number of aromatic nitrogens is 4. The van der Waals surface area contributed by atoms with E-state index in [2.05, 4.69) is 10.2 Å². The summed E-state index contributed by atoms with van der Waals surface area (Å²) >= 11 is 6.17. The lowest BCUT2D eigenvalue weighted by Crippen LogP contribution is -2.26. The first-order valence-electron chi connectivity index (χ1n) is 9.78. The molecule has 2 aromatic carbocycles. The van der Waals surface area contributed by atoms with Gasteiger partial charge < -0.3 is 15.0 Å². The second-order valence-electron chi connectivity index (χ2n) is 7.39. The lowest BCUT2D eigenvalue weighted by Gasteiger charge is -2.16. The van der Waals surface area contributed by atoms with Crippen molar-refractivity contribution >= 4 is 17.3 Å². The number of alkyl halides is 3. The zero-order valence-corrected chi connectivity index (χ0v) is 18.3. The van der Waals surface area contributed by atoms with Crippen molar-refractivity contribution in [3.05, 3.63) is 92.0 Å². The number of hydrogen-bond donors (Lipinski definition) is 2. The summed E-state index contributed by atoms with van der Waals surface area (Å²) in [6, 6.07) is 11.9. The Balaban J connectivity index is 1.78. The third-order valence-corrected chi connectivity index (χ3v) is 5.26. The molecule has 0 saturated carbocycles. The summed E-state index contributed by atoms with van der Waals surface area (Å²) in [5.41, 5.74) is 4.66. The number of nitrogens with one attached hydrogen (secondary N) is 1. The molecule has 2 aromatic heterocycles. The fourth-order valence-electron chi connectivity index (χ4n) is 3.25. The lowest BCUT2D eigenvalue weighted by molar-refractivity contribution is -0.138. The van der Waals surface area contributed by atoms with E-state index in [9.17, 15) is 22.8 Å². The number of halogens is 4. The first kappa shape index (κ1) is 23.2. The number of aromatic amines is 1. The molecule has 4 rings (SSSR count). The quantitative estimate of drug-likeness (QED) is 0.410. The number of nitrogen functional groups attached to an aromatic ring is 1. The molecule has 4 aromatic rings. The van der Waals surface area contributed by atoms with Crippen LogP contribution in [0.5, 0.6) is 11.5 Å². The minimum atomic E-state index is -4.86. The topological polar surface area (TPSA) is 108 Å². The maximum atomic E-state index is 13.7. The molecular formula is C22H17ClF3N5O3. The number of H-pyrrole nitrogens is 1. The van der Waals surface area contributed by atoms with Crippen molar-refractivity contribution in [1.29, 1.82) is 0 Å². The van der Waals surface area contributed by atoms with Crippen LogP contribution in [0.15, 0.2) is 64.3 Å². The highest BCUT2D eigenvalue weighted by Crippen LogP contribution is 2.37. The van der Waals surface area contributed by atoms with Gasteiger partial charge in [0.05, 0.1) is 6.54 Å². The van der Waals surface area contributed by atoms with Gasteiger partial charge in [-0.3, -0.25) is 9.36 Å². The molecule has 2 heterocycles. The lowest BCUT2D eigenvalue weighted by atomic mass is 10.1. The Kier molecular flexibility index (Phi) is 5.96. The molecule has 3 N–H and O–H groups in total. The van der Waals surface area contributed by atoms with Gasteiger partial charge in [0, 0.05) is 24.0 Å². The maximum absolute atomic E-state index is 13.7. The third-order valence-electron chi connectivity index (χ3n) is 5.05. The molecule has 0 aliphatic carbocycles. The van der Waals surface area contributed by atoms with Crippen LogP contribution >= 0.6 is 11.6 Å². The molecule has 0 atom stereocenters. The number of nitrogens with two attached hydrogens (primary N) is 1. The number of hydrogen-bond acceptors (Lipinski definition) is 5. The van der Waals surface area contributed by atoms with E-state index < -0.39 is 28.7 Å². The highest BCUT2D eigenvalue weighted by Gasteiger charge is 2.36. The summed E-state index contributed by atoms with van der Waals surface area (Å²) < 4.78 is 48.7. The first-order chi connectivity index (χ1) is 16.0. The van der Waals surface area contributed by atoms with Gasteiger partial charge in [0.2, 0.25) is 5.75 Å². The standard InChI is InChI=1S/C22H17ClF3N5O3/c1-30-18(28-29-21(30)33)11-31-7-6-17(22(24,25)26)19(20(31)32)34-16-9-13(8-14(23)10-16)12-2-4-15(27)5-3-12/h2-10H,11,27H2,1H3,(H,29,33). The summed E-state index contributed by atoms with van der Waals surface area (Å²) in [4.78, 5) is 24.6. The Morgan fingerprint density at radius 1 is 1.09 bits per heavy atom. The van der Waals surface area contributed by atoms with Crippen LogP contribution in [0, 0.1) is 0 Å². The largest absolute Gasteiger partial charge is 0.451 e. The van der Waals surface area contributed by atoms with Crippen LogP contribution in [0.25, 0.3) is 11.1 Å². The van der Waals surface area contributed by atoms with Gasteiger partial charge in [-0.05, 0) is 47.5 Å². The molecule has 0 amide bonds. The average Bonchev–Trinajstić information content (AvgIpc) is 3.08. The van der Waals surface area contributed by atoms with Gasteiger partial charge in [-0.1, -0.05) is 23.7 Å². The number of rotatable bonds is 5. The summed E-state index contributed by atoms with van der Waals surface area (Å²) in [6.45, 7) is -0.255. The Labute approximate surface area is 195 Å². The first-order valence-corrected chi connectivity index (χ1v) is 10.2. The molecule has 0 bridgehead atoms. The summed E-state index contributed by atoms with van der Waals surface area (Å²) in [5, 5.41) is 6.18. The number of nitrogens with zero attached hydrogens (tertiary/aromatic N) is 3. The smallest absolute Gasteiger partial charge is 0.420 e. The highest BCUT2D eigenvalue weighted by molar-refractivity contribution is 6.31. The average molecular weight is 492 g/mol. The number of ether oxygens (including phenoxy) is 1. The molecule has 0 radical (unpaired) electrons. The van der Waals surface area contributed by atoms with Gasteiger partial charge >= 0.3 is 11.9 Å². The summed E-state index contributed by atoms with van der Waals surface area (Å²) in [7, 11) is 1.42. The van der Waals surface area contributed by atoms with Gasteiger partial charge in [0.25, 0.3) is 5.56 Å². The molecule has 8 nitrogen and oxygen atoms in total. The SMILES string of the molecule is Cn1c(Cn2ccc(C(F)(F)F)c(Oc3cc(Cl)cc(-c4ccc(N)cc4)c3)c2=O)n[nH]c1=O. The van der Waals surface area contributed by atoms with Gasteiger partial charge in [0.1, 0.15) is 11.3 Å². The van der Waals surface area contributed by atoms with Crippen molar-refractivity contribution in [2.24, 2.45) is 7.05 Å². The molecule has 0 unspecified atom stereocenters. The van der Waals surface area contributed by atoms with Crippen LogP contribution in [-0.2, 0) is 19.8 Å². The van der Waals surface area contributed by atoms with Crippen LogP contribution in [0.3, 0.4) is 0 Å². The van der Waals surface area contributed by atoms with E-state index >= 15 is 0 Å². The molecular weight excluding hydrogens is 475 g/mol. The predicted molar refractivity (Wildman–Crippen MR) is 120 cm³/mol. The van der Waals surface area contributed by atoms with Crippen molar-refractivity contribution < 1.29 is 17.9 Å². The van der Waals surface area contributed by atoms with Gasteiger partial charge in [-0.2, -0.15) is 18.3 Å². The van der Waals surface area contributed by atoms with Gasteiger partial charge in [-0.25, -0.2) is 9.89 Å².